The van der Waals surface area contributed by atoms with Gasteiger partial charge in [0.25, 0.3) is 23.6 Å². The van der Waals surface area contributed by atoms with Crippen LogP contribution in [0.1, 0.15) is 11.5 Å². The lowest BCUT2D eigenvalue weighted by Crippen LogP contribution is -2.71. The quantitative estimate of drug-likeness (QED) is 0.0843. The molecule has 0 bridgehead atoms. The van der Waals surface area contributed by atoms with Crippen molar-refractivity contribution in [2.24, 2.45) is 16.0 Å². The first-order valence-electron chi connectivity index (χ1n) is 15.1. The first kappa shape index (κ1) is 39.1. The number of fused-ring (bicyclic) bond motifs is 2. The Balaban J connectivity index is 0.000000210. The molecule has 8 N–H and O–H groups in total. The third-order valence-corrected chi connectivity index (χ3v) is 10.8. The molecule has 6 heterocycles. The first-order valence-corrected chi connectivity index (χ1v) is 18.1. The topological polar surface area (TPSA) is 321 Å². The van der Waals surface area contributed by atoms with Crippen LogP contribution in [-0.4, -0.2) is 133 Å². The smallest absolute Gasteiger partial charge is 0.404 e. The summed E-state index contributed by atoms with van der Waals surface area (Å²) in [5, 5.41) is 31.7. The zero-order valence-corrected chi connectivity index (χ0v) is 30.3. The molecule has 2 fully saturated rings. The van der Waals surface area contributed by atoms with Gasteiger partial charge in [0.1, 0.15) is 60.7 Å². The molecule has 54 heavy (non-hydrogen) atoms. The maximum Gasteiger partial charge on any atom is 0.404 e. The van der Waals surface area contributed by atoms with E-state index in [-0.39, 0.29) is 57.3 Å². The molecule has 5 amide bonds. The molecule has 22 nitrogen and oxygen atoms in total. The molecule has 0 aliphatic carbocycles. The molecule has 2 aromatic rings. The summed E-state index contributed by atoms with van der Waals surface area (Å²) >= 11 is 3.71. The minimum absolute atomic E-state index is 0.0719. The minimum Gasteiger partial charge on any atom is -0.477 e. The van der Waals surface area contributed by atoms with Gasteiger partial charge in [-0.3, -0.25) is 29.0 Å². The van der Waals surface area contributed by atoms with Crippen molar-refractivity contribution in [3.05, 3.63) is 58.3 Å². The van der Waals surface area contributed by atoms with E-state index in [4.69, 9.17) is 21.0 Å². The summed E-state index contributed by atoms with van der Waals surface area (Å²) < 4.78 is 9.79. The van der Waals surface area contributed by atoms with Crippen LogP contribution in [0.25, 0.3) is 0 Å². The number of hydrogen-bond donors (Lipinski definition) is 6. The fraction of sp³-hybridized carbons (Fsp3) is 0.310. The Labute approximate surface area is 315 Å². The molecule has 4 atom stereocenters. The van der Waals surface area contributed by atoms with Crippen LogP contribution in [0.15, 0.2) is 61.5 Å². The number of oxime groups is 2. The zero-order valence-electron chi connectivity index (χ0n) is 27.8. The van der Waals surface area contributed by atoms with Crippen molar-refractivity contribution in [1.29, 1.82) is 0 Å². The maximum absolute atomic E-state index is 12.6. The van der Waals surface area contributed by atoms with Gasteiger partial charge in [0, 0.05) is 22.5 Å². The predicted molar refractivity (Wildman–Crippen MR) is 188 cm³/mol. The van der Waals surface area contributed by atoms with Crippen LogP contribution in [0.4, 0.5) is 9.93 Å². The van der Waals surface area contributed by atoms with E-state index < -0.39 is 64.5 Å². The molecule has 0 radical (unpaired) electrons. The summed E-state index contributed by atoms with van der Waals surface area (Å²) in [6.45, 7) is -0.347. The number of thioether (sulfide) groups is 2. The summed E-state index contributed by atoms with van der Waals surface area (Å²) in [5.74, 6) is -4.27. The number of furan rings is 1. The number of amides is 5. The number of nitrogens with one attached hydrogen (secondary N) is 2. The summed E-state index contributed by atoms with van der Waals surface area (Å²) in [4.78, 5) is 99.0. The molecular formula is C29H29N9O13S3. The first-order chi connectivity index (χ1) is 25.8. The molecule has 2 saturated heterocycles. The predicted octanol–water partition coefficient (Wildman–Crippen LogP) is -1.09. The minimum atomic E-state index is -1.35. The number of carboxylic acids is 2. The summed E-state index contributed by atoms with van der Waals surface area (Å²) in [6, 6.07) is 1.23. The Kier molecular flexibility index (Phi) is 12.1. The van der Waals surface area contributed by atoms with E-state index in [2.05, 4.69) is 40.3 Å². The van der Waals surface area contributed by atoms with Crippen LogP contribution in [0.5, 0.6) is 0 Å². The second-order valence-corrected chi connectivity index (χ2v) is 13.9. The van der Waals surface area contributed by atoms with E-state index in [0.717, 1.165) is 21.1 Å². The Bertz CT molecular complexity index is 2000. The van der Waals surface area contributed by atoms with Crippen LogP contribution >= 0.6 is 34.9 Å². The van der Waals surface area contributed by atoms with Crippen molar-refractivity contribution in [1.82, 2.24) is 25.4 Å². The number of nitrogen functional groups attached to an aromatic ring is 1. The number of thiazole rings is 1. The standard InChI is InChI=1S/C16H16N4O8S.C13H13N5O5S2/c1-26-19-9(8-3-2-4-27-8)12(21)18-10-13(22)20-11(15(23)24)7(5-28-16(17)25)6-29-14(10)20;1-23-17-7(5-4-25-13(14)15-5)9(19)16-8-10(20)18-6(12(21)22)2-3-24-11(8)18/h2-4,10,14H,5-6H2,1H3,(H2,17,25)(H,18,21)(H,23,24);2,4,8,11H,3H2,1H3,(H2,14,15)(H,16,19)(H,21,22)/b19-9+;17-7-/t10-,14-;8-,11-/m11/s1. The summed E-state index contributed by atoms with van der Waals surface area (Å²) in [6.07, 6.45) is 1.76. The fourth-order valence-corrected chi connectivity index (χ4v) is 8.37. The average Bonchev–Trinajstić information content (AvgIpc) is 3.84. The highest BCUT2D eigenvalue weighted by atomic mass is 32.2. The number of carbonyl (C=O) groups excluding carboxylic acids is 5. The van der Waals surface area contributed by atoms with Crippen molar-refractivity contribution in [2.45, 2.75) is 22.8 Å². The van der Waals surface area contributed by atoms with Crippen molar-refractivity contribution >= 4 is 93.1 Å². The Hall–Kier alpha value is -6.08. The highest BCUT2D eigenvalue weighted by Gasteiger charge is 2.55. The number of primary amides is 1. The number of carboxylic acid groups (broad SMARTS) is 2. The Morgan fingerprint density at radius 2 is 1.61 bits per heavy atom. The lowest BCUT2D eigenvalue weighted by molar-refractivity contribution is -0.150. The molecule has 286 valence electrons. The molecule has 0 spiro atoms. The number of aliphatic carboxylic acids is 2. The van der Waals surface area contributed by atoms with Gasteiger partial charge in [0.2, 0.25) is 5.71 Å². The highest BCUT2D eigenvalue weighted by Crippen LogP contribution is 2.40. The van der Waals surface area contributed by atoms with Gasteiger partial charge >= 0.3 is 18.0 Å². The van der Waals surface area contributed by atoms with Crippen molar-refractivity contribution in [2.75, 3.05) is 38.1 Å². The van der Waals surface area contributed by atoms with Crippen LogP contribution in [0.3, 0.4) is 0 Å². The zero-order chi connectivity index (χ0) is 39.3. The van der Waals surface area contributed by atoms with Crippen molar-refractivity contribution in [3.8, 4) is 0 Å². The molecule has 25 heteroatoms. The van der Waals surface area contributed by atoms with E-state index in [1.165, 1.54) is 56.1 Å². The molecule has 4 aliphatic rings. The number of anilines is 1. The van der Waals surface area contributed by atoms with Gasteiger partial charge in [-0.15, -0.1) is 34.9 Å². The van der Waals surface area contributed by atoms with Gasteiger partial charge in [-0.25, -0.2) is 19.4 Å². The van der Waals surface area contributed by atoms with Gasteiger partial charge in [0.05, 0.1) is 6.26 Å². The number of nitrogens with zero attached hydrogens (tertiary/aromatic N) is 5. The van der Waals surface area contributed by atoms with Crippen LogP contribution < -0.4 is 22.1 Å². The number of ether oxygens (including phenoxy) is 1. The lowest BCUT2D eigenvalue weighted by Gasteiger charge is -2.49. The number of rotatable bonds is 12. The monoisotopic (exact) mass is 807 g/mol. The normalized spacial score (nSPS) is 21.9. The molecule has 2 aromatic heterocycles. The van der Waals surface area contributed by atoms with Gasteiger partial charge < -0.3 is 51.1 Å². The summed E-state index contributed by atoms with van der Waals surface area (Å²) in [5.41, 5.74) is 10.3. The van der Waals surface area contributed by atoms with E-state index in [0.29, 0.717) is 5.75 Å². The third-order valence-electron chi connectivity index (χ3n) is 7.59. The SMILES string of the molecule is CO/N=C(/C(=O)N[C@@H]1C(=O)N2C(C(=O)O)=C(COC(N)=O)CS[C@H]12)c1ccco1.CO/N=C(\C(=O)N[C@@H]1C(=O)N2C(C(=O)O)=CCS[C@H]12)c1csc(N)n1. The number of hydrogen-bond acceptors (Lipinski definition) is 18. The van der Waals surface area contributed by atoms with E-state index in [1.807, 2.05) is 0 Å². The summed E-state index contributed by atoms with van der Waals surface area (Å²) in [7, 11) is 2.53. The number of nitrogens with two attached hydrogens (primary N) is 2. The van der Waals surface area contributed by atoms with Gasteiger partial charge in [-0.1, -0.05) is 10.3 Å². The second-order valence-electron chi connectivity index (χ2n) is 10.8. The number of β-lactam (4-membered cyclic amide) rings is 2. The fourth-order valence-electron chi connectivity index (χ4n) is 5.30. The molecule has 0 unspecified atom stereocenters. The second kappa shape index (κ2) is 16.7. The van der Waals surface area contributed by atoms with E-state index in [9.17, 15) is 38.7 Å². The van der Waals surface area contributed by atoms with Crippen molar-refractivity contribution in [3.63, 3.8) is 0 Å². The molecule has 6 rings (SSSR count). The maximum atomic E-state index is 12.6. The molecule has 4 aliphatic heterocycles. The molecule has 0 aromatic carbocycles. The van der Waals surface area contributed by atoms with Crippen LogP contribution in [-0.2, 0) is 43.2 Å². The van der Waals surface area contributed by atoms with E-state index >= 15 is 0 Å². The number of aromatic nitrogens is 1. The third kappa shape index (κ3) is 7.96. The Morgan fingerprint density at radius 1 is 0.981 bits per heavy atom. The van der Waals surface area contributed by atoms with Gasteiger partial charge in [-0.05, 0) is 18.2 Å². The number of carbonyl (C=O) groups is 7. The van der Waals surface area contributed by atoms with Crippen LogP contribution in [0, 0.1) is 0 Å². The molecular weight excluding hydrogens is 779 g/mol. The average molecular weight is 808 g/mol. The largest absolute Gasteiger partial charge is 0.477 e. The molecule has 0 saturated carbocycles. The lowest BCUT2D eigenvalue weighted by atomic mass is 10.0. The Morgan fingerprint density at radius 3 is 2.17 bits per heavy atom. The van der Waals surface area contributed by atoms with Crippen LogP contribution in [0.2, 0.25) is 0 Å². The van der Waals surface area contributed by atoms with E-state index in [1.54, 1.807) is 11.4 Å². The van der Waals surface area contributed by atoms with Crippen molar-refractivity contribution < 1.29 is 62.6 Å². The highest BCUT2D eigenvalue weighted by molar-refractivity contribution is 8.00. The van der Waals surface area contributed by atoms with Gasteiger partial charge in [-0.2, -0.15) is 0 Å². The van der Waals surface area contributed by atoms with Gasteiger partial charge in [0.15, 0.2) is 16.6 Å².